The van der Waals surface area contributed by atoms with Crippen LogP contribution in [0.1, 0.15) is 11.5 Å². The van der Waals surface area contributed by atoms with Crippen LogP contribution in [0.2, 0.25) is 0 Å². The summed E-state index contributed by atoms with van der Waals surface area (Å²) in [5, 5.41) is 6.53. The molecule has 0 spiro atoms. The number of nitrogens with zero attached hydrogens (tertiary/aromatic N) is 3. The van der Waals surface area contributed by atoms with Crippen molar-refractivity contribution in [1.29, 1.82) is 0 Å². The Morgan fingerprint density at radius 3 is 2.37 bits per heavy atom. The molecule has 1 aromatic carbocycles. The minimum Gasteiger partial charge on any atom is -0.497 e. The summed E-state index contributed by atoms with van der Waals surface area (Å²) in [6, 6.07) is 15.2. The minimum atomic E-state index is 0.520. The zero-order valence-electron chi connectivity index (χ0n) is 15.5. The Morgan fingerprint density at radius 2 is 1.67 bits per heavy atom. The summed E-state index contributed by atoms with van der Waals surface area (Å²) in [5.41, 5.74) is 0.955. The number of benzene rings is 1. The van der Waals surface area contributed by atoms with Crippen molar-refractivity contribution in [3.63, 3.8) is 0 Å². The van der Waals surface area contributed by atoms with Crippen LogP contribution in [0.5, 0.6) is 11.5 Å². The predicted octanol–water partition coefficient (Wildman–Crippen LogP) is 3.29. The van der Waals surface area contributed by atoms with Crippen molar-refractivity contribution < 1.29 is 9.47 Å². The molecule has 0 saturated carbocycles. The number of hydrogen-bond donors (Lipinski definition) is 2. The molecule has 3 rings (SSSR count). The lowest BCUT2D eigenvalue weighted by Gasteiger charge is -2.11. The van der Waals surface area contributed by atoms with Gasteiger partial charge in [-0.2, -0.15) is 0 Å². The van der Waals surface area contributed by atoms with Gasteiger partial charge in [0.05, 0.1) is 25.9 Å². The highest BCUT2D eigenvalue weighted by molar-refractivity contribution is 5.47. The molecule has 0 bridgehead atoms. The summed E-state index contributed by atoms with van der Waals surface area (Å²) in [4.78, 5) is 13.1. The Bertz CT molecular complexity index is 841. The highest BCUT2D eigenvalue weighted by Gasteiger charge is 2.03. The van der Waals surface area contributed by atoms with Crippen LogP contribution in [0.4, 0.5) is 11.6 Å². The van der Waals surface area contributed by atoms with Gasteiger partial charge in [-0.15, -0.1) is 0 Å². The summed E-state index contributed by atoms with van der Waals surface area (Å²) >= 11 is 0. The third-order valence-electron chi connectivity index (χ3n) is 3.75. The lowest BCUT2D eigenvalue weighted by atomic mass is 10.3. The molecule has 27 heavy (non-hydrogen) atoms. The topological polar surface area (TPSA) is 81.2 Å². The largest absolute Gasteiger partial charge is 0.497 e. The lowest BCUT2D eigenvalue weighted by molar-refractivity contribution is 0.331. The number of hydrogen-bond acceptors (Lipinski definition) is 7. The first-order chi connectivity index (χ1) is 13.2. The van der Waals surface area contributed by atoms with E-state index in [1.807, 2.05) is 55.5 Å². The Kier molecular flexibility index (Phi) is 6.40. The van der Waals surface area contributed by atoms with Gasteiger partial charge in [0.1, 0.15) is 35.6 Å². The second-order valence-corrected chi connectivity index (χ2v) is 5.81. The molecule has 0 unspecified atom stereocenters. The van der Waals surface area contributed by atoms with Crippen molar-refractivity contribution in [1.82, 2.24) is 15.0 Å². The van der Waals surface area contributed by atoms with Crippen LogP contribution >= 0.6 is 0 Å². The molecule has 140 valence electrons. The molecule has 7 nitrogen and oxygen atoms in total. The number of aromatic nitrogens is 3. The lowest BCUT2D eigenvalue weighted by Crippen LogP contribution is -2.13. The van der Waals surface area contributed by atoms with Crippen LogP contribution < -0.4 is 20.1 Å². The fourth-order valence-corrected chi connectivity index (χ4v) is 2.45. The standard InChI is InChI=1S/C20H23N5O2/c1-15-24-19(13-20(25-15)23-14-16-5-3-4-10-21-16)22-11-12-27-18-8-6-17(26-2)7-9-18/h3-10,13H,11-12,14H2,1-2H3,(H2,22,23,24,25). The normalized spacial score (nSPS) is 10.3. The maximum Gasteiger partial charge on any atom is 0.132 e. The van der Waals surface area contributed by atoms with E-state index in [-0.39, 0.29) is 0 Å². The van der Waals surface area contributed by atoms with Crippen LogP contribution in [0, 0.1) is 6.92 Å². The number of ether oxygens (including phenoxy) is 2. The van der Waals surface area contributed by atoms with Gasteiger partial charge < -0.3 is 20.1 Å². The second kappa shape index (κ2) is 9.38. The molecule has 0 saturated heterocycles. The maximum atomic E-state index is 5.71. The van der Waals surface area contributed by atoms with Crippen molar-refractivity contribution >= 4 is 11.6 Å². The zero-order chi connectivity index (χ0) is 18.9. The van der Waals surface area contributed by atoms with Crippen LogP contribution in [0.15, 0.2) is 54.7 Å². The average molecular weight is 365 g/mol. The Hall–Kier alpha value is -3.35. The van der Waals surface area contributed by atoms with Gasteiger partial charge in [-0.3, -0.25) is 4.98 Å². The van der Waals surface area contributed by atoms with E-state index >= 15 is 0 Å². The van der Waals surface area contributed by atoms with E-state index in [2.05, 4.69) is 25.6 Å². The molecule has 0 fully saturated rings. The summed E-state index contributed by atoms with van der Waals surface area (Å²) in [7, 11) is 1.64. The smallest absolute Gasteiger partial charge is 0.132 e. The van der Waals surface area contributed by atoms with Crippen LogP contribution in [-0.2, 0) is 6.54 Å². The summed E-state index contributed by atoms with van der Waals surface area (Å²) in [6.07, 6.45) is 1.78. The summed E-state index contributed by atoms with van der Waals surface area (Å²) in [5.74, 6) is 3.81. The molecule has 2 heterocycles. The number of rotatable bonds is 9. The summed E-state index contributed by atoms with van der Waals surface area (Å²) < 4.78 is 10.8. The van der Waals surface area contributed by atoms with Gasteiger partial charge in [-0.25, -0.2) is 9.97 Å². The molecule has 0 aliphatic heterocycles. The van der Waals surface area contributed by atoms with Crippen molar-refractivity contribution in [2.75, 3.05) is 30.9 Å². The molecule has 0 aliphatic carbocycles. The van der Waals surface area contributed by atoms with Crippen molar-refractivity contribution in [3.8, 4) is 11.5 Å². The average Bonchev–Trinajstić information content (AvgIpc) is 2.70. The number of nitrogens with one attached hydrogen (secondary N) is 2. The molecular formula is C20H23N5O2. The van der Waals surface area contributed by atoms with Crippen molar-refractivity contribution in [2.24, 2.45) is 0 Å². The van der Waals surface area contributed by atoms with E-state index in [1.165, 1.54) is 0 Å². The minimum absolute atomic E-state index is 0.520. The SMILES string of the molecule is COc1ccc(OCCNc2cc(NCc3ccccn3)nc(C)n2)cc1. The number of anilines is 2. The molecule has 0 atom stereocenters. The predicted molar refractivity (Wildman–Crippen MR) is 105 cm³/mol. The molecule has 3 aromatic rings. The Balaban J connectivity index is 1.48. The van der Waals surface area contributed by atoms with E-state index in [4.69, 9.17) is 9.47 Å². The number of aryl methyl sites for hydroxylation is 1. The quantitative estimate of drug-likeness (QED) is 0.563. The van der Waals surface area contributed by atoms with Crippen LogP contribution in [0.25, 0.3) is 0 Å². The number of methoxy groups -OCH3 is 1. The fraction of sp³-hybridized carbons (Fsp3) is 0.250. The third kappa shape index (κ3) is 5.85. The van der Waals surface area contributed by atoms with Gasteiger partial charge in [0.25, 0.3) is 0 Å². The highest BCUT2D eigenvalue weighted by atomic mass is 16.5. The molecule has 0 aliphatic rings. The van der Waals surface area contributed by atoms with E-state index in [0.717, 1.165) is 28.8 Å². The molecule has 0 radical (unpaired) electrons. The van der Waals surface area contributed by atoms with Gasteiger partial charge in [0.15, 0.2) is 0 Å². The zero-order valence-corrected chi connectivity index (χ0v) is 15.5. The van der Waals surface area contributed by atoms with Crippen molar-refractivity contribution in [2.45, 2.75) is 13.5 Å². The Labute approximate surface area is 158 Å². The number of pyridine rings is 1. The van der Waals surface area contributed by atoms with Gasteiger partial charge >= 0.3 is 0 Å². The van der Waals surface area contributed by atoms with Gasteiger partial charge in [0, 0.05) is 12.3 Å². The van der Waals surface area contributed by atoms with Crippen LogP contribution in [-0.4, -0.2) is 35.2 Å². The van der Waals surface area contributed by atoms with Gasteiger partial charge in [-0.1, -0.05) is 6.07 Å². The molecule has 2 aromatic heterocycles. The fourth-order valence-electron chi connectivity index (χ4n) is 2.45. The van der Waals surface area contributed by atoms with Gasteiger partial charge in [0.2, 0.25) is 0 Å². The first-order valence-electron chi connectivity index (χ1n) is 8.73. The molecule has 2 N–H and O–H groups in total. The van der Waals surface area contributed by atoms with E-state index in [0.29, 0.717) is 25.5 Å². The van der Waals surface area contributed by atoms with E-state index in [9.17, 15) is 0 Å². The highest BCUT2D eigenvalue weighted by Crippen LogP contribution is 2.17. The van der Waals surface area contributed by atoms with Crippen molar-refractivity contribution in [3.05, 3.63) is 66.2 Å². The van der Waals surface area contributed by atoms with E-state index in [1.54, 1.807) is 13.3 Å². The summed E-state index contributed by atoms with van der Waals surface area (Å²) in [6.45, 7) is 3.62. The first-order valence-corrected chi connectivity index (χ1v) is 8.73. The molecule has 7 heteroatoms. The molecular weight excluding hydrogens is 342 g/mol. The van der Waals surface area contributed by atoms with E-state index < -0.39 is 0 Å². The molecule has 0 amide bonds. The van der Waals surface area contributed by atoms with Crippen LogP contribution in [0.3, 0.4) is 0 Å². The monoisotopic (exact) mass is 365 g/mol. The maximum absolute atomic E-state index is 5.71. The van der Waals surface area contributed by atoms with Gasteiger partial charge in [-0.05, 0) is 43.3 Å². The Morgan fingerprint density at radius 1 is 0.926 bits per heavy atom. The second-order valence-electron chi connectivity index (χ2n) is 5.81. The first kappa shape index (κ1) is 18.4. The third-order valence-corrected chi connectivity index (χ3v) is 3.75.